The fourth-order valence-electron chi connectivity index (χ4n) is 6.12. The maximum absolute atomic E-state index is 6.33. The lowest BCUT2D eigenvalue weighted by Crippen LogP contribution is -2.41. The van der Waals surface area contributed by atoms with Crippen LogP contribution in [0.3, 0.4) is 0 Å². The average molecular weight is 497 g/mol. The highest BCUT2D eigenvalue weighted by Gasteiger charge is 2.33. The van der Waals surface area contributed by atoms with Crippen molar-refractivity contribution < 1.29 is 13.9 Å². The molecule has 8 rings (SSSR count). The summed E-state index contributed by atoms with van der Waals surface area (Å²) >= 11 is 0. The number of nitrogens with one attached hydrogen (secondary N) is 1. The van der Waals surface area contributed by atoms with Gasteiger partial charge in [-0.2, -0.15) is 0 Å². The molecule has 9 nitrogen and oxygen atoms in total. The first kappa shape index (κ1) is 21.5. The Morgan fingerprint density at radius 3 is 2.73 bits per heavy atom. The molecule has 2 unspecified atom stereocenters. The van der Waals surface area contributed by atoms with Gasteiger partial charge in [0.25, 0.3) is 0 Å². The molecule has 3 aliphatic rings. The van der Waals surface area contributed by atoms with E-state index in [-0.39, 0.29) is 0 Å². The van der Waals surface area contributed by atoms with Crippen molar-refractivity contribution in [2.45, 2.75) is 31.6 Å². The second-order valence-corrected chi connectivity index (χ2v) is 10.3. The number of H-pyrrole nitrogens is 1. The zero-order valence-corrected chi connectivity index (χ0v) is 20.5. The van der Waals surface area contributed by atoms with Crippen molar-refractivity contribution in [2.75, 3.05) is 44.3 Å². The highest BCUT2D eigenvalue weighted by Crippen LogP contribution is 2.36. The van der Waals surface area contributed by atoms with E-state index in [9.17, 15) is 0 Å². The minimum absolute atomic E-state index is 0.368. The number of pyridine rings is 1. The van der Waals surface area contributed by atoms with Crippen molar-refractivity contribution in [3.8, 4) is 11.4 Å². The summed E-state index contributed by atoms with van der Waals surface area (Å²) in [5.74, 6) is 1.50. The van der Waals surface area contributed by atoms with Crippen molar-refractivity contribution in [3.05, 3.63) is 48.3 Å². The van der Waals surface area contributed by atoms with Crippen molar-refractivity contribution in [1.82, 2.24) is 24.8 Å². The highest BCUT2D eigenvalue weighted by atomic mass is 16.5. The molecule has 0 saturated carbocycles. The molecule has 3 fully saturated rings. The molecular formula is C28H28N6O3. The van der Waals surface area contributed by atoms with E-state index in [1.165, 1.54) is 12.8 Å². The minimum Gasteiger partial charge on any atom is -0.432 e. The quantitative estimate of drug-likeness (QED) is 0.397. The summed E-state index contributed by atoms with van der Waals surface area (Å²) in [6, 6.07) is 10.5. The molecule has 7 heterocycles. The first-order valence-corrected chi connectivity index (χ1v) is 13.1. The van der Waals surface area contributed by atoms with Gasteiger partial charge in [-0.1, -0.05) is 12.1 Å². The number of benzene rings is 1. The van der Waals surface area contributed by atoms with Crippen LogP contribution in [-0.2, 0) is 16.0 Å². The van der Waals surface area contributed by atoms with Crippen LogP contribution >= 0.6 is 0 Å². The van der Waals surface area contributed by atoms with Gasteiger partial charge in [-0.05, 0) is 36.6 Å². The number of furan rings is 1. The third kappa shape index (κ3) is 3.68. The zero-order valence-electron chi connectivity index (χ0n) is 20.5. The Morgan fingerprint density at radius 1 is 1.00 bits per heavy atom. The summed E-state index contributed by atoms with van der Waals surface area (Å²) < 4.78 is 18.0. The van der Waals surface area contributed by atoms with Crippen LogP contribution in [0, 0.1) is 0 Å². The lowest BCUT2D eigenvalue weighted by Gasteiger charge is -2.31. The van der Waals surface area contributed by atoms with E-state index >= 15 is 0 Å². The smallest absolute Gasteiger partial charge is 0.229 e. The molecule has 1 N–H and O–H groups in total. The first-order valence-electron chi connectivity index (χ1n) is 13.1. The molecule has 1 aromatic carbocycles. The Morgan fingerprint density at radius 2 is 1.86 bits per heavy atom. The number of anilines is 1. The van der Waals surface area contributed by atoms with Crippen LogP contribution in [0.4, 0.5) is 5.82 Å². The van der Waals surface area contributed by atoms with Crippen LogP contribution in [-0.4, -0.2) is 76.4 Å². The summed E-state index contributed by atoms with van der Waals surface area (Å²) in [6.45, 7) is 5.66. The number of rotatable bonds is 4. The van der Waals surface area contributed by atoms with Crippen LogP contribution in [0.15, 0.2) is 47.1 Å². The Hall–Kier alpha value is -3.53. The molecule has 0 aliphatic carbocycles. The van der Waals surface area contributed by atoms with E-state index in [0.717, 1.165) is 71.5 Å². The maximum Gasteiger partial charge on any atom is 0.229 e. The number of likely N-dealkylation sites (tertiary alicyclic amines) is 1. The van der Waals surface area contributed by atoms with Crippen LogP contribution in [0.5, 0.6) is 0 Å². The second kappa shape index (κ2) is 8.51. The van der Waals surface area contributed by atoms with Crippen LogP contribution < -0.4 is 4.90 Å². The van der Waals surface area contributed by atoms with Crippen LogP contribution in [0.2, 0.25) is 0 Å². The molecule has 2 bridgehead atoms. The zero-order chi connectivity index (χ0) is 24.3. The van der Waals surface area contributed by atoms with Gasteiger partial charge in [0.1, 0.15) is 5.52 Å². The largest absolute Gasteiger partial charge is 0.432 e. The van der Waals surface area contributed by atoms with Crippen molar-refractivity contribution in [2.24, 2.45) is 0 Å². The summed E-state index contributed by atoms with van der Waals surface area (Å²) in [6.07, 6.45) is 6.97. The predicted octanol–water partition coefficient (Wildman–Crippen LogP) is 4.12. The van der Waals surface area contributed by atoms with Gasteiger partial charge in [-0.25, -0.2) is 15.0 Å². The van der Waals surface area contributed by atoms with Gasteiger partial charge < -0.3 is 23.8 Å². The molecule has 9 heteroatoms. The van der Waals surface area contributed by atoms with Crippen LogP contribution in [0.25, 0.3) is 44.5 Å². The molecule has 5 aromatic rings. The predicted molar refractivity (Wildman–Crippen MR) is 141 cm³/mol. The van der Waals surface area contributed by atoms with Gasteiger partial charge in [0.15, 0.2) is 17.2 Å². The fourth-order valence-corrected chi connectivity index (χ4v) is 6.12. The number of aromatic nitrogens is 4. The summed E-state index contributed by atoms with van der Waals surface area (Å²) in [4.78, 5) is 22.9. The lowest BCUT2D eigenvalue weighted by atomic mass is 10.1. The molecule has 0 spiro atoms. The Kier molecular flexibility index (Phi) is 4.96. The number of fused-ring (bicyclic) bond motifs is 6. The van der Waals surface area contributed by atoms with E-state index in [0.29, 0.717) is 42.5 Å². The van der Waals surface area contributed by atoms with E-state index in [2.05, 4.69) is 39.0 Å². The van der Waals surface area contributed by atoms with E-state index in [4.69, 9.17) is 28.8 Å². The summed E-state index contributed by atoms with van der Waals surface area (Å²) in [5.41, 5.74) is 5.33. The van der Waals surface area contributed by atoms with E-state index in [1.54, 1.807) is 0 Å². The molecule has 0 radical (unpaired) electrons. The highest BCUT2D eigenvalue weighted by molar-refractivity contribution is 6.06. The molecule has 2 atom stereocenters. The Bertz CT molecular complexity index is 1610. The standard InChI is InChI=1S/C28H28N6O3/c1-2-21(20-6-7-29-23(20)3-1)26-31-24-22-12-17(14-33-15-18-4-5-19(16-33)36-18)13-30-28(22)37-25(24)27(32-26)34-8-10-35-11-9-34/h1-3,6-7,12-13,18-19,29H,4-5,8-11,14-16H2. The third-order valence-corrected chi connectivity index (χ3v) is 7.88. The Labute approximate surface area is 213 Å². The molecule has 188 valence electrons. The third-order valence-electron chi connectivity index (χ3n) is 7.88. The number of aromatic amines is 1. The molecular weight excluding hydrogens is 468 g/mol. The molecule has 3 saturated heterocycles. The fraction of sp³-hybridized carbons (Fsp3) is 0.393. The van der Waals surface area contributed by atoms with Crippen LogP contribution in [0.1, 0.15) is 18.4 Å². The lowest BCUT2D eigenvalue weighted by molar-refractivity contribution is -0.0410. The first-order chi connectivity index (χ1) is 18.3. The molecule has 37 heavy (non-hydrogen) atoms. The number of nitrogens with zero attached hydrogens (tertiary/aromatic N) is 5. The van der Waals surface area contributed by atoms with Gasteiger partial charge in [0.2, 0.25) is 5.71 Å². The second-order valence-electron chi connectivity index (χ2n) is 10.3. The number of ether oxygens (including phenoxy) is 2. The van der Waals surface area contributed by atoms with Gasteiger partial charge >= 0.3 is 0 Å². The normalized spacial score (nSPS) is 22.5. The van der Waals surface area contributed by atoms with E-state index < -0.39 is 0 Å². The van der Waals surface area contributed by atoms with Crippen molar-refractivity contribution >= 4 is 38.9 Å². The monoisotopic (exact) mass is 496 g/mol. The average Bonchev–Trinajstić information content (AvgIpc) is 3.65. The molecule has 0 amide bonds. The van der Waals surface area contributed by atoms with Crippen molar-refractivity contribution in [3.63, 3.8) is 0 Å². The molecule has 3 aliphatic heterocycles. The SMILES string of the molecule is c1cc(-c2nc(N3CCOCC3)c3oc4ncc(CN5CC6CCC(C5)O6)cc4c3n2)c2cc[nH]c2c1. The van der Waals surface area contributed by atoms with Crippen molar-refractivity contribution in [1.29, 1.82) is 0 Å². The summed E-state index contributed by atoms with van der Waals surface area (Å²) in [7, 11) is 0. The minimum atomic E-state index is 0.368. The van der Waals surface area contributed by atoms with E-state index in [1.807, 2.05) is 18.5 Å². The maximum atomic E-state index is 6.33. The van der Waals surface area contributed by atoms with Gasteiger partial charge in [0.05, 0.1) is 30.8 Å². The number of morpholine rings is 2. The number of hydrogen-bond acceptors (Lipinski definition) is 8. The van der Waals surface area contributed by atoms with Gasteiger partial charge in [-0.3, -0.25) is 4.90 Å². The number of hydrogen-bond donors (Lipinski definition) is 1. The summed E-state index contributed by atoms with van der Waals surface area (Å²) in [5, 5.41) is 2.03. The van der Waals surface area contributed by atoms with Gasteiger partial charge in [-0.15, -0.1) is 0 Å². The Balaban J connectivity index is 1.27. The van der Waals surface area contributed by atoms with Gasteiger partial charge in [0, 0.05) is 61.6 Å². The topological polar surface area (TPSA) is 92.5 Å². The molecule has 4 aromatic heterocycles.